The maximum absolute atomic E-state index is 13.2. The number of fused-ring (bicyclic) bond motifs is 1. The molecule has 162 valence electrons. The van der Waals surface area contributed by atoms with Gasteiger partial charge in [-0.2, -0.15) is 0 Å². The molecule has 1 heterocycles. The first kappa shape index (κ1) is 23.0. The molecule has 0 atom stereocenters. The van der Waals surface area contributed by atoms with Crippen LogP contribution in [0.1, 0.15) is 59.3 Å². The molecule has 0 radical (unpaired) electrons. The summed E-state index contributed by atoms with van der Waals surface area (Å²) in [5, 5.41) is 0. The van der Waals surface area contributed by atoms with Gasteiger partial charge in [0, 0.05) is 15.2 Å². The molecule has 0 spiro atoms. The molecule has 0 N–H and O–H groups in total. The van der Waals surface area contributed by atoms with Gasteiger partial charge in [0.15, 0.2) is 0 Å². The van der Waals surface area contributed by atoms with Gasteiger partial charge >= 0.3 is 5.97 Å². The fourth-order valence-corrected chi connectivity index (χ4v) is 12.6. The lowest BCUT2D eigenvalue weighted by Crippen LogP contribution is -2.61. The molecular weight excluding hydrogens is 400 g/mol. The van der Waals surface area contributed by atoms with Gasteiger partial charge in [0.2, 0.25) is 0 Å². The Hall–Kier alpha value is -1.66. The van der Waals surface area contributed by atoms with Crippen LogP contribution < -0.4 is 0 Å². The first-order valence-electron chi connectivity index (χ1n) is 11.5. The predicted molar refractivity (Wildman–Crippen MR) is 134 cm³/mol. The van der Waals surface area contributed by atoms with Crippen LogP contribution in [0.15, 0.2) is 30.3 Å². The van der Waals surface area contributed by atoms with Gasteiger partial charge in [-0.05, 0) is 58.3 Å². The SMILES string of the molecule is CCCc1c2c(c(CCC)c(-c3ccccc3)c1C(=O)OC)C[Si](C)(C)[Si](C)(C)C2. The van der Waals surface area contributed by atoms with Crippen LogP contribution in [0.5, 0.6) is 0 Å². The van der Waals surface area contributed by atoms with Crippen LogP contribution in [0.2, 0.25) is 26.2 Å². The van der Waals surface area contributed by atoms with Gasteiger partial charge in [0.25, 0.3) is 0 Å². The van der Waals surface area contributed by atoms with Gasteiger partial charge < -0.3 is 4.74 Å². The quantitative estimate of drug-likeness (QED) is 0.370. The lowest BCUT2D eigenvalue weighted by atomic mass is 9.81. The molecule has 0 aromatic heterocycles. The standard InChI is InChI=1S/C26H38O2Si2/c1-8-13-20-22-17-29(4,5)30(6,7)18-23(22)21(14-9-2)25(26(27)28-3)24(20)19-15-11-10-12-16-19/h10-12,15-16H,8-9,13-14,17-18H2,1-7H3. The fraction of sp³-hybridized carbons (Fsp3) is 0.500. The number of methoxy groups -OCH3 is 1. The van der Waals surface area contributed by atoms with Crippen molar-refractivity contribution < 1.29 is 9.53 Å². The highest BCUT2D eigenvalue weighted by Gasteiger charge is 2.46. The smallest absolute Gasteiger partial charge is 0.338 e. The second-order valence-corrected chi connectivity index (χ2v) is 26.5. The van der Waals surface area contributed by atoms with Crippen LogP contribution >= 0.6 is 0 Å². The third kappa shape index (κ3) is 3.96. The molecule has 0 bridgehead atoms. The molecule has 30 heavy (non-hydrogen) atoms. The summed E-state index contributed by atoms with van der Waals surface area (Å²) in [6, 6.07) is 13.0. The molecule has 3 rings (SSSR count). The second kappa shape index (κ2) is 8.84. The summed E-state index contributed by atoms with van der Waals surface area (Å²) in [6.45, 7) is 14.9. The molecule has 0 amide bonds. The Kier molecular flexibility index (Phi) is 6.78. The van der Waals surface area contributed by atoms with Gasteiger partial charge in [-0.1, -0.05) is 83.2 Å². The highest BCUT2D eigenvalue weighted by molar-refractivity contribution is 7.40. The first-order valence-corrected chi connectivity index (χ1v) is 18.9. The second-order valence-electron chi connectivity index (χ2n) is 10.1. The van der Waals surface area contributed by atoms with Gasteiger partial charge in [0.05, 0.1) is 12.7 Å². The summed E-state index contributed by atoms with van der Waals surface area (Å²) in [7, 11) is -1.15. The number of benzene rings is 2. The van der Waals surface area contributed by atoms with Crippen molar-refractivity contribution in [2.75, 3.05) is 7.11 Å². The van der Waals surface area contributed by atoms with Crippen molar-refractivity contribution in [3.8, 4) is 11.1 Å². The third-order valence-corrected chi connectivity index (χ3v) is 25.7. The van der Waals surface area contributed by atoms with Crippen molar-refractivity contribution >= 4 is 21.2 Å². The zero-order chi connectivity index (χ0) is 22.1. The third-order valence-electron chi connectivity index (χ3n) is 7.47. The Bertz CT molecular complexity index is 930. The number of rotatable bonds is 6. The van der Waals surface area contributed by atoms with E-state index in [-0.39, 0.29) is 5.97 Å². The van der Waals surface area contributed by atoms with Gasteiger partial charge in [0.1, 0.15) is 0 Å². The maximum Gasteiger partial charge on any atom is 0.338 e. The Morgan fingerprint density at radius 1 is 0.867 bits per heavy atom. The van der Waals surface area contributed by atoms with Crippen molar-refractivity contribution in [2.45, 2.75) is 77.8 Å². The summed E-state index contributed by atoms with van der Waals surface area (Å²) in [5.74, 6) is -0.168. The van der Waals surface area contributed by atoms with Gasteiger partial charge in [-0.3, -0.25) is 0 Å². The van der Waals surface area contributed by atoms with Gasteiger partial charge in [-0.25, -0.2) is 4.79 Å². The van der Waals surface area contributed by atoms with Gasteiger partial charge in [-0.15, -0.1) is 0 Å². The number of hydrogen-bond donors (Lipinski definition) is 0. The maximum atomic E-state index is 13.2. The normalized spacial score (nSPS) is 16.8. The molecule has 0 fully saturated rings. The van der Waals surface area contributed by atoms with E-state index in [1.807, 2.05) is 0 Å². The molecule has 0 aliphatic carbocycles. The number of carbonyl (C=O) groups excluding carboxylic acids is 1. The first-order chi connectivity index (χ1) is 14.2. The van der Waals surface area contributed by atoms with E-state index in [9.17, 15) is 4.79 Å². The molecule has 2 aromatic carbocycles. The number of ether oxygens (including phenoxy) is 1. The molecular formula is C26H38O2Si2. The largest absolute Gasteiger partial charge is 0.465 e. The van der Waals surface area contributed by atoms with E-state index >= 15 is 0 Å². The Labute approximate surface area is 184 Å². The highest BCUT2D eigenvalue weighted by atomic mass is 29.3. The molecule has 4 heteroatoms. The molecule has 0 unspecified atom stereocenters. The van der Waals surface area contributed by atoms with Crippen molar-refractivity contribution in [1.82, 2.24) is 0 Å². The van der Waals surface area contributed by atoms with E-state index in [2.05, 4.69) is 70.4 Å². The molecule has 2 nitrogen and oxygen atoms in total. The monoisotopic (exact) mass is 438 g/mol. The predicted octanol–water partition coefficient (Wildman–Crippen LogP) is 6.72. The molecule has 0 saturated carbocycles. The zero-order valence-corrected chi connectivity index (χ0v) is 21.9. The highest BCUT2D eigenvalue weighted by Crippen LogP contribution is 2.44. The average Bonchev–Trinajstić information content (AvgIpc) is 2.71. The zero-order valence-electron chi connectivity index (χ0n) is 19.9. The van der Waals surface area contributed by atoms with E-state index < -0.39 is 15.2 Å². The van der Waals surface area contributed by atoms with Crippen molar-refractivity contribution in [3.05, 3.63) is 58.1 Å². The Morgan fingerprint density at radius 2 is 1.37 bits per heavy atom. The minimum absolute atomic E-state index is 0.168. The van der Waals surface area contributed by atoms with Crippen molar-refractivity contribution in [3.63, 3.8) is 0 Å². The summed E-state index contributed by atoms with van der Waals surface area (Å²) < 4.78 is 5.38. The van der Waals surface area contributed by atoms with Crippen LogP contribution in [-0.2, 0) is 29.7 Å². The molecule has 0 saturated heterocycles. The molecule has 2 aromatic rings. The van der Waals surface area contributed by atoms with E-state index in [1.165, 1.54) is 35.9 Å². The minimum Gasteiger partial charge on any atom is -0.465 e. The van der Waals surface area contributed by atoms with Crippen molar-refractivity contribution in [1.29, 1.82) is 0 Å². The minimum atomic E-state index is -1.35. The van der Waals surface area contributed by atoms with E-state index in [1.54, 1.807) is 5.56 Å². The van der Waals surface area contributed by atoms with E-state index in [0.29, 0.717) is 0 Å². The Morgan fingerprint density at radius 3 is 1.87 bits per heavy atom. The van der Waals surface area contributed by atoms with E-state index in [0.717, 1.165) is 42.4 Å². The lowest BCUT2D eigenvalue weighted by Gasteiger charge is -2.45. The van der Waals surface area contributed by atoms with E-state index in [4.69, 9.17) is 4.74 Å². The van der Waals surface area contributed by atoms with Crippen LogP contribution in [0, 0.1) is 0 Å². The summed E-state index contributed by atoms with van der Waals surface area (Å²) >= 11 is 0. The Balaban J connectivity index is 2.48. The van der Waals surface area contributed by atoms with Crippen LogP contribution in [-0.4, -0.2) is 28.3 Å². The number of carbonyl (C=O) groups is 1. The molecule has 1 aliphatic heterocycles. The lowest BCUT2D eigenvalue weighted by molar-refractivity contribution is 0.0600. The van der Waals surface area contributed by atoms with Crippen LogP contribution in [0.4, 0.5) is 0 Å². The summed E-state index contributed by atoms with van der Waals surface area (Å²) in [5.41, 5.74) is 8.96. The van der Waals surface area contributed by atoms with Crippen LogP contribution in [0.3, 0.4) is 0 Å². The summed E-state index contributed by atoms with van der Waals surface area (Å²) in [6.07, 6.45) is 4.10. The topological polar surface area (TPSA) is 26.3 Å². The fourth-order valence-electron chi connectivity index (χ4n) is 5.06. The number of esters is 1. The van der Waals surface area contributed by atoms with Crippen LogP contribution in [0.25, 0.3) is 11.1 Å². The molecule has 1 aliphatic rings. The number of hydrogen-bond acceptors (Lipinski definition) is 2. The average molecular weight is 439 g/mol. The van der Waals surface area contributed by atoms with Crippen molar-refractivity contribution in [2.24, 2.45) is 0 Å². The summed E-state index contributed by atoms with van der Waals surface area (Å²) in [4.78, 5) is 13.2.